The predicted molar refractivity (Wildman–Crippen MR) is 184 cm³/mol. The summed E-state index contributed by atoms with van der Waals surface area (Å²) in [5.74, 6) is -2.81. The summed E-state index contributed by atoms with van der Waals surface area (Å²) in [6, 6.07) is 5.70. The SMILES string of the molecule is CCCOC(=O)CC[C@@H]1c2nc(cc3[nH]c(cc4nc(cc5[nH]c(c2C(=O)O)c(C(=O)NC)c5C)[C@H](CC)[C@H]4C)c(C(C)=O)c3C)[C@H]1C. The largest absolute Gasteiger partial charge is 0.478 e. The summed E-state index contributed by atoms with van der Waals surface area (Å²) in [6.07, 6.45) is 1.85. The van der Waals surface area contributed by atoms with E-state index >= 15 is 0 Å². The molecule has 11 nitrogen and oxygen atoms in total. The van der Waals surface area contributed by atoms with Gasteiger partial charge in [0.15, 0.2) is 5.78 Å². The maximum absolute atomic E-state index is 13.4. The molecule has 4 atom stereocenters. The number of carbonyl (C=O) groups is 4. The molecule has 1 amide bonds. The van der Waals surface area contributed by atoms with Crippen LogP contribution in [0.2, 0.25) is 0 Å². The number of fused-ring (bicyclic) bond motifs is 8. The fraction of sp³-hybridized carbons (Fsp3) is 0.459. The minimum atomic E-state index is -1.25. The number of aromatic carboxylic acids is 1. The minimum absolute atomic E-state index is 0.0443. The van der Waals surface area contributed by atoms with E-state index in [1.807, 2.05) is 39.0 Å². The molecule has 8 bridgehead atoms. The van der Waals surface area contributed by atoms with Crippen LogP contribution in [-0.4, -0.2) is 62.3 Å². The molecule has 2 aliphatic heterocycles. The topological polar surface area (TPSA) is 167 Å². The second kappa shape index (κ2) is 13.7. The van der Waals surface area contributed by atoms with E-state index in [4.69, 9.17) is 14.7 Å². The van der Waals surface area contributed by atoms with Gasteiger partial charge < -0.3 is 25.1 Å². The summed E-state index contributed by atoms with van der Waals surface area (Å²) in [7, 11) is 1.51. The number of Topliss-reactive ketones (excluding diaryl/α,β-unsaturated/α-hetero) is 1. The molecule has 3 aromatic heterocycles. The number of ketones is 1. The van der Waals surface area contributed by atoms with E-state index in [-0.39, 0.29) is 64.7 Å². The van der Waals surface area contributed by atoms with Crippen molar-refractivity contribution in [2.75, 3.05) is 13.7 Å². The Kier molecular flexibility index (Phi) is 9.89. The van der Waals surface area contributed by atoms with Crippen LogP contribution in [0.4, 0.5) is 0 Å². The number of aromatic amines is 2. The van der Waals surface area contributed by atoms with Crippen LogP contribution in [0.1, 0.15) is 149 Å². The molecule has 254 valence electrons. The molecule has 2 aliphatic rings. The number of nitrogens with one attached hydrogen (secondary N) is 3. The number of aromatic nitrogens is 4. The predicted octanol–water partition coefficient (Wildman–Crippen LogP) is 7.11. The summed E-state index contributed by atoms with van der Waals surface area (Å²) in [4.78, 5) is 69.0. The zero-order valence-corrected chi connectivity index (χ0v) is 29.0. The molecule has 3 aromatic rings. The van der Waals surface area contributed by atoms with Gasteiger partial charge in [0, 0.05) is 70.8 Å². The maximum Gasteiger partial charge on any atom is 0.339 e. The lowest BCUT2D eigenvalue weighted by Crippen LogP contribution is -2.19. The summed E-state index contributed by atoms with van der Waals surface area (Å²) in [6.45, 7) is 13.6. The van der Waals surface area contributed by atoms with Crippen LogP contribution in [0.25, 0.3) is 22.1 Å². The third-order valence-electron chi connectivity index (χ3n) is 9.95. The number of hydrogen-bond donors (Lipinski definition) is 4. The molecule has 0 unspecified atom stereocenters. The molecule has 0 aromatic carbocycles. The molecule has 0 radical (unpaired) electrons. The van der Waals surface area contributed by atoms with Crippen molar-refractivity contribution >= 4 is 45.7 Å². The molecule has 0 fully saturated rings. The number of H-pyrrole nitrogens is 2. The minimum Gasteiger partial charge on any atom is -0.478 e. The van der Waals surface area contributed by atoms with Crippen LogP contribution in [0.5, 0.6) is 0 Å². The highest BCUT2D eigenvalue weighted by Gasteiger charge is 2.35. The van der Waals surface area contributed by atoms with Crippen molar-refractivity contribution in [3.8, 4) is 0 Å². The molecule has 4 N–H and O–H groups in total. The fourth-order valence-corrected chi connectivity index (χ4v) is 7.27. The van der Waals surface area contributed by atoms with Gasteiger partial charge in [-0.05, 0) is 69.4 Å². The van der Waals surface area contributed by atoms with E-state index in [9.17, 15) is 24.3 Å². The fourth-order valence-electron chi connectivity index (χ4n) is 7.27. The van der Waals surface area contributed by atoms with Crippen LogP contribution in [0, 0.1) is 13.8 Å². The Bertz CT molecular complexity index is 1970. The summed E-state index contributed by atoms with van der Waals surface area (Å²) in [5, 5.41) is 13.5. The number of rotatable bonds is 9. The average molecular weight is 656 g/mol. The number of amides is 1. The van der Waals surface area contributed by atoms with E-state index in [1.54, 1.807) is 13.8 Å². The van der Waals surface area contributed by atoms with Crippen LogP contribution >= 0.6 is 0 Å². The Balaban J connectivity index is 1.96. The summed E-state index contributed by atoms with van der Waals surface area (Å²) >= 11 is 0. The van der Waals surface area contributed by atoms with E-state index in [2.05, 4.69) is 29.1 Å². The van der Waals surface area contributed by atoms with Gasteiger partial charge in [-0.15, -0.1) is 0 Å². The zero-order valence-electron chi connectivity index (χ0n) is 29.0. The van der Waals surface area contributed by atoms with Gasteiger partial charge in [0.05, 0.1) is 28.9 Å². The van der Waals surface area contributed by atoms with Crippen molar-refractivity contribution in [3.63, 3.8) is 0 Å². The molecule has 0 spiro atoms. The molecule has 5 rings (SSSR count). The van der Waals surface area contributed by atoms with Crippen LogP contribution in [0.15, 0.2) is 18.2 Å². The van der Waals surface area contributed by atoms with Crippen molar-refractivity contribution in [2.24, 2.45) is 0 Å². The monoisotopic (exact) mass is 655 g/mol. The maximum atomic E-state index is 13.4. The van der Waals surface area contributed by atoms with E-state index in [1.165, 1.54) is 7.05 Å². The van der Waals surface area contributed by atoms with Gasteiger partial charge in [0.2, 0.25) is 0 Å². The molecule has 11 heteroatoms. The molecule has 0 aliphatic carbocycles. The molecule has 5 heterocycles. The number of esters is 1. The van der Waals surface area contributed by atoms with Gasteiger partial charge >= 0.3 is 11.9 Å². The Hall–Kier alpha value is -4.80. The normalized spacial score (nSPS) is 18.8. The van der Waals surface area contributed by atoms with Gasteiger partial charge in [0.1, 0.15) is 5.56 Å². The first-order valence-electron chi connectivity index (χ1n) is 16.7. The number of nitrogens with zero attached hydrogens (tertiary/aromatic N) is 2. The Morgan fingerprint density at radius 3 is 2.08 bits per heavy atom. The number of carboxylic acid groups (broad SMARTS) is 1. The molecular weight excluding hydrogens is 610 g/mol. The average Bonchev–Trinajstić information content (AvgIpc) is 3.71. The van der Waals surface area contributed by atoms with Crippen molar-refractivity contribution < 1.29 is 29.0 Å². The third kappa shape index (κ3) is 6.13. The lowest BCUT2D eigenvalue weighted by molar-refractivity contribution is -0.143. The van der Waals surface area contributed by atoms with Crippen molar-refractivity contribution in [3.05, 3.63) is 68.8 Å². The number of carbonyl (C=O) groups excluding carboxylic acids is 3. The molecular formula is C37H45N5O6. The quantitative estimate of drug-likeness (QED) is 0.140. The second-order valence-electron chi connectivity index (χ2n) is 13.0. The molecule has 48 heavy (non-hydrogen) atoms. The molecule has 0 saturated carbocycles. The smallest absolute Gasteiger partial charge is 0.339 e. The first-order valence-corrected chi connectivity index (χ1v) is 16.7. The number of ether oxygens (including phenoxy) is 1. The number of aryl methyl sites for hydroxylation is 2. The molecule has 0 saturated heterocycles. The van der Waals surface area contributed by atoms with Crippen molar-refractivity contribution in [1.29, 1.82) is 0 Å². The highest BCUT2D eigenvalue weighted by Crippen LogP contribution is 2.43. The van der Waals surface area contributed by atoms with E-state index < -0.39 is 17.8 Å². The third-order valence-corrected chi connectivity index (χ3v) is 9.95. The van der Waals surface area contributed by atoms with Gasteiger partial charge in [-0.1, -0.05) is 27.7 Å². The standard InChI is InChI=1S/C37H45N5O6/c1-9-13-48-30(44)12-11-23-18(4)25-14-26-19(5)31(21(7)43)29(40-26)16-24-17(3)22(10-2)28(39-24)15-27-20(6)32(36(45)38-8)35(42-27)33(37(46)47)34(23)41-25/h14-18,22-23,40,42H,9-13H2,1-8H3,(H,38,45)(H,46,47)/t17-,18+,22-,23+/m1/s1. The Labute approximate surface area is 279 Å². The lowest BCUT2D eigenvalue weighted by atomic mass is 9.85. The first-order chi connectivity index (χ1) is 22.8. The van der Waals surface area contributed by atoms with Gasteiger partial charge in [-0.2, -0.15) is 0 Å². The van der Waals surface area contributed by atoms with Crippen molar-refractivity contribution in [1.82, 2.24) is 25.3 Å². The lowest BCUT2D eigenvalue weighted by Gasteiger charge is -2.17. The van der Waals surface area contributed by atoms with Gasteiger partial charge in [0.25, 0.3) is 5.91 Å². The summed E-state index contributed by atoms with van der Waals surface area (Å²) < 4.78 is 5.34. The van der Waals surface area contributed by atoms with Crippen molar-refractivity contribution in [2.45, 2.75) is 97.8 Å². The highest BCUT2D eigenvalue weighted by atomic mass is 16.5. The Morgan fingerprint density at radius 1 is 0.854 bits per heavy atom. The summed E-state index contributed by atoms with van der Waals surface area (Å²) in [5.41, 5.74) is 6.53. The van der Waals surface area contributed by atoms with Gasteiger partial charge in [-0.3, -0.25) is 24.4 Å². The van der Waals surface area contributed by atoms with E-state index in [0.29, 0.717) is 46.4 Å². The van der Waals surface area contributed by atoms with Crippen LogP contribution in [0.3, 0.4) is 0 Å². The highest BCUT2D eigenvalue weighted by molar-refractivity contribution is 6.10. The Morgan fingerprint density at radius 2 is 1.46 bits per heavy atom. The first kappa shape index (κ1) is 34.5. The van der Waals surface area contributed by atoms with Gasteiger partial charge in [-0.25, -0.2) is 4.79 Å². The number of carboxylic acids is 1. The van der Waals surface area contributed by atoms with E-state index in [0.717, 1.165) is 23.4 Å². The number of hydrogen-bond acceptors (Lipinski definition) is 7. The zero-order chi connectivity index (χ0) is 35.0. The second-order valence-corrected chi connectivity index (χ2v) is 13.0. The van der Waals surface area contributed by atoms with Crippen LogP contribution in [-0.2, 0) is 9.53 Å². The van der Waals surface area contributed by atoms with Crippen LogP contribution < -0.4 is 5.32 Å².